The van der Waals surface area contributed by atoms with Crippen LogP contribution in [-0.2, 0) is 0 Å². The largest absolute Gasteiger partial charge is 0.384 e. The Kier molecular flexibility index (Phi) is 3.31. The zero-order chi connectivity index (χ0) is 11.5. The zero-order valence-electron chi connectivity index (χ0n) is 8.64. The van der Waals surface area contributed by atoms with Gasteiger partial charge in [0.25, 0.3) is 0 Å². The van der Waals surface area contributed by atoms with E-state index in [-0.39, 0.29) is 0 Å². The van der Waals surface area contributed by atoms with Gasteiger partial charge in [-0.2, -0.15) is 0 Å². The molecule has 2 N–H and O–H groups in total. The zero-order valence-corrected chi connectivity index (χ0v) is 10.2. The van der Waals surface area contributed by atoms with Crippen LogP contribution >= 0.6 is 23.4 Å². The summed E-state index contributed by atoms with van der Waals surface area (Å²) in [6.07, 6.45) is 1.91. The van der Waals surface area contributed by atoms with Gasteiger partial charge >= 0.3 is 0 Å². The molecular formula is C11H10ClN3S. The molecule has 0 aliphatic heterocycles. The van der Waals surface area contributed by atoms with Crippen LogP contribution in [0.2, 0.25) is 5.02 Å². The van der Waals surface area contributed by atoms with E-state index in [1.165, 1.54) is 11.8 Å². The van der Waals surface area contributed by atoms with Crippen molar-refractivity contribution in [3.8, 4) is 11.3 Å². The van der Waals surface area contributed by atoms with Crippen LogP contribution in [0.5, 0.6) is 0 Å². The minimum Gasteiger partial charge on any atom is -0.384 e. The molecule has 0 spiro atoms. The first kappa shape index (κ1) is 11.2. The highest BCUT2D eigenvalue weighted by Gasteiger charge is 2.04. The fourth-order valence-electron chi connectivity index (χ4n) is 1.33. The summed E-state index contributed by atoms with van der Waals surface area (Å²) in [6.45, 7) is 0. The van der Waals surface area contributed by atoms with Crippen LogP contribution < -0.4 is 5.73 Å². The number of nitrogens with two attached hydrogens (primary N) is 1. The van der Waals surface area contributed by atoms with Gasteiger partial charge < -0.3 is 5.73 Å². The summed E-state index contributed by atoms with van der Waals surface area (Å²) in [5.41, 5.74) is 7.45. The van der Waals surface area contributed by atoms with Crippen LogP contribution in [-0.4, -0.2) is 16.2 Å². The van der Waals surface area contributed by atoms with Crippen LogP contribution in [0.25, 0.3) is 11.3 Å². The van der Waals surface area contributed by atoms with E-state index in [0.29, 0.717) is 16.0 Å². The van der Waals surface area contributed by atoms with Gasteiger partial charge in [0.15, 0.2) is 5.16 Å². The first-order chi connectivity index (χ1) is 7.69. The second-order valence-corrected chi connectivity index (χ2v) is 4.38. The molecule has 0 bridgehead atoms. The van der Waals surface area contributed by atoms with Gasteiger partial charge in [0, 0.05) is 16.7 Å². The molecule has 3 nitrogen and oxygen atoms in total. The molecule has 0 fully saturated rings. The Labute approximate surface area is 103 Å². The number of nitrogen functional groups attached to an aromatic ring is 1. The Morgan fingerprint density at radius 3 is 2.75 bits per heavy atom. The average Bonchev–Trinajstić information content (AvgIpc) is 2.28. The molecule has 0 unspecified atom stereocenters. The standard InChI is InChI=1S/C11H10ClN3S/c1-16-11-14-9(6-10(13)15-11)7-3-2-4-8(12)5-7/h2-6H,1H3,(H2,13,14,15). The molecule has 82 valence electrons. The number of thioether (sulfide) groups is 1. The number of hydrogen-bond acceptors (Lipinski definition) is 4. The average molecular weight is 252 g/mol. The molecule has 0 atom stereocenters. The van der Waals surface area contributed by atoms with E-state index in [0.717, 1.165) is 11.3 Å². The molecule has 5 heteroatoms. The monoisotopic (exact) mass is 251 g/mol. The topological polar surface area (TPSA) is 51.8 Å². The third-order valence-electron chi connectivity index (χ3n) is 2.03. The fourth-order valence-corrected chi connectivity index (χ4v) is 1.91. The Morgan fingerprint density at radius 2 is 2.06 bits per heavy atom. The number of nitrogens with zero attached hydrogens (tertiary/aromatic N) is 2. The Hall–Kier alpha value is -1.26. The van der Waals surface area contributed by atoms with Gasteiger partial charge in [-0.25, -0.2) is 9.97 Å². The van der Waals surface area contributed by atoms with Crippen LogP contribution in [0.3, 0.4) is 0 Å². The first-order valence-electron chi connectivity index (χ1n) is 4.63. The van der Waals surface area contributed by atoms with Crippen molar-refractivity contribution in [2.24, 2.45) is 0 Å². The molecule has 0 aliphatic rings. The van der Waals surface area contributed by atoms with E-state index in [1.54, 1.807) is 6.07 Å². The number of anilines is 1. The van der Waals surface area contributed by atoms with Crippen molar-refractivity contribution in [2.45, 2.75) is 5.16 Å². The highest BCUT2D eigenvalue weighted by Crippen LogP contribution is 2.23. The van der Waals surface area contributed by atoms with Crippen LogP contribution in [0.4, 0.5) is 5.82 Å². The van der Waals surface area contributed by atoms with E-state index in [4.69, 9.17) is 17.3 Å². The highest BCUT2D eigenvalue weighted by molar-refractivity contribution is 7.98. The molecule has 1 aromatic carbocycles. The van der Waals surface area contributed by atoms with Crippen molar-refractivity contribution in [2.75, 3.05) is 12.0 Å². The van der Waals surface area contributed by atoms with E-state index in [9.17, 15) is 0 Å². The SMILES string of the molecule is CSc1nc(N)cc(-c2cccc(Cl)c2)n1. The highest BCUT2D eigenvalue weighted by atomic mass is 35.5. The second kappa shape index (κ2) is 4.72. The molecule has 2 aromatic rings. The predicted octanol–water partition coefficient (Wildman–Crippen LogP) is 3.10. The van der Waals surface area contributed by atoms with E-state index < -0.39 is 0 Å². The lowest BCUT2D eigenvalue weighted by Crippen LogP contribution is -1.96. The molecule has 0 aliphatic carbocycles. The van der Waals surface area contributed by atoms with Gasteiger partial charge in [-0.05, 0) is 18.4 Å². The number of aromatic nitrogens is 2. The maximum absolute atomic E-state index is 5.93. The predicted molar refractivity (Wildman–Crippen MR) is 68.7 cm³/mol. The van der Waals surface area contributed by atoms with E-state index in [1.807, 2.05) is 30.5 Å². The van der Waals surface area contributed by atoms with Gasteiger partial charge in [0.2, 0.25) is 0 Å². The molecule has 0 amide bonds. The lowest BCUT2D eigenvalue weighted by atomic mass is 10.1. The van der Waals surface area contributed by atoms with E-state index >= 15 is 0 Å². The summed E-state index contributed by atoms with van der Waals surface area (Å²) in [7, 11) is 0. The lowest BCUT2D eigenvalue weighted by molar-refractivity contribution is 0.985. The Morgan fingerprint density at radius 1 is 1.25 bits per heavy atom. The van der Waals surface area contributed by atoms with Gasteiger partial charge in [0.05, 0.1) is 5.69 Å². The number of halogens is 1. The smallest absolute Gasteiger partial charge is 0.189 e. The van der Waals surface area contributed by atoms with Crippen molar-refractivity contribution in [3.05, 3.63) is 35.4 Å². The van der Waals surface area contributed by atoms with Crippen molar-refractivity contribution < 1.29 is 0 Å². The van der Waals surface area contributed by atoms with E-state index in [2.05, 4.69) is 9.97 Å². The quantitative estimate of drug-likeness (QED) is 0.658. The number of hydrogen-bond donors (Lipinski definition) is 1. The summed E-state index contributed by atoms with van der Waals surface area (Å²) >= 11 is 7.39. The fraction of sp³-hybridized carbons (Fsp3) is 0.0909. The molecule has 2 rings (SSSR count). The molecule has 1 heterocycles. The van der Waals surface area contributed by atoms with Crippen LogP contribution in [0.1, 0.15) is 0 Å². The number of benzene rings is 1. The summed E-state index contributed by atoms with van der Waals surface area (Å²) < 4.78 is 0. The van der Waals surface area contributed by atoms with Crippen molar-refractivity contribution >= 4 is 29.2 Å². The van der Waals surface area contributed by atoms with Crippen molar-refractivity contribution in [3.63, 3.8) is 0 Å². The van der Waals surface area contributed by atoms with Crippen molar-refractivity contribution in [1.29, 1.82) is 0 Å². The summed E-state index contributed by atoms with van der Waals surface area (Å²) in [4.78, 5) is 8.47. The van der Waals surface area contributed by atoms with Gasteiger partial charge in [0.1, 0.15) is 5.82 Å². The molecule has 0 saturated carbocycles. The summed E-state index contributed by atoms with van der Waals surface area (Å²) in [6, 6.07) is 9.25. The summed E-state index contributed by atoms with van der Waals surface area (Å²) in [5.74, 6) is 0.467. The molecule has 0 radical (unpaired) electrons. The molecular weight excluding hydrogens is 242 g/mol. The Balaban J connectivity index is 2.51. The third-order valence-corrected chi connectivity index (χ3v) is 2.81. The maximum Gasteiger partial charge on any atom is 0.189 e. The van der Waals surface area contributed by atoms with Crippen LogP contribution in [0.15, 0.2) is 35.5 Å². The van der Waals surface area contributed by atoms with Crippen molar-refractivity contribution in [1.82, 2.24) is 9.97 Å². The van der Waals surface area contributed by atoms with Gasteiger partial charge in [-0.15, -0.1) is 0 Å². The molecule has 0 saturated heterocycles. The van der Waals surface area contributed by atoms with Gasteiger partial charge in [-0.1, -0.05) is 35.5 Å². The molecule has 16 heavy (non-hydrogen) atoms. The third kappa shape index (κ3) is 2.46. The van der Waals surface area contributed by atoms with Crippen LogP contribution in [0, 0.1) is 0 Å². The maximum atomic E-state index is 5.93. The summed E-state index contributed by atoms with van der Waals surface area (Å²) in [5, 5.41) is 1.34. The Bertz CT molecular complexity index is 516. The first-order valence-corrected chi connectivity index (χ1v) is 6.24. The van der Waals surface area contributed by atoms with Gasteiger partial charge in [-0.3, -0.25) is 0 Å². The number of rotatable bonds is 2. The second-order valence-electron chi connectivity index (χ2n) is 3.18. The minimum absolute atomic E-state index is 0.467. The lowest BCUT2D eigenvalue weighted by Gasteiger charge is -2.04. The minimum atomic E-state index is 0.467. The molecule has 1 aromatic heterocycles. The normalized spacial score (nSPS) is 10.4.